The third kappa shape index (κ3) is 3.09. The van der Waals surface area contributed by atoms with Gasteiger partial charge < -0.3 is 10.6 Å². The minimum absolute atomic E-state index is 0.410. The van der Waals surface area contributed by atoms with E-state index in [2.05, 4.69) is 41.2 Å². The lowest BCUT2D eigenvalue weighted by Crippen LogP contribution is -2.30. The van der Waals surface area contributed by atoms with Gasteiger partial charge in [-0.2, -0.15) is 0 Å². The third-order valence-electron chi connectivity index (χ3n) is 2.83. The molecule has 2 aromatic rings. The van der Waals surface area contributed by atoms with Crippen molar-refractivity contribution in [2.45, 2.75) is 33.0 Å². The summed E-state index contributed by atoms with van der Waals surface area (Å²) in [6.07, 6.45) is 0. The summed E-state index contributed by atoms with van der Waals surface area (Å²) >= 11 is 1.78. The summed E-state index contributed by atoms with van der Waals surface area (Å²) in [4.78, 5) is 8.25. The Morgan fingerprint density at radius 1 is 1.28 bits per heavy atom. The summed E-state index contributed by atoms with van der Waals surface area (Å²) < 4.78 is 0. The molecule has 4 heteroatoms. The molecule has 0 saturated carbocycles. The lowest BCUT2D eigenvalue weighted by molar-refractivity contribution is 0.674. The van der Waals surface area contributed by atoms with Gasteiger partial charge in [0.1, 0.15) is 5.82 Å². The van der Waals surface area contributed by atoms with Gasteiger partial charge in [-0.3, -0.25) is 0 Å². The van der Waals surface area contributed by atoms with Crippen LogP contribution in [0.2, 0.25) is 0 Å². The van der Waals surface area contributed by atoms with Gasteiger partial charge in [-0.15, -0.1) is 11.3 Å². The Labute approximate surface area is 112 Å². The van der Waals surface area contributed by atoms with Gasteiger partial charge in [0.05, 0.1) is 12.2 Å². The molecule has 2 N–H and O–H groups in total. The van der Waals surface area contributed by atoms with E-state index in [4.69, 9.17) is 5.73 Å². The maximum absolute atomic E-state index is 5.65. The molecule has 0 radical (unpaired) electrons. The molecule has 2 heterocycles. The minimum atomic E-state index is 0.410. The Morgan fingerprint density at radius 2 is 2.11 bits per heavy atom. The quantitative estimate of drug-likeness (QED) is 0.899. The smallest absolute Gasteiger partial charge is 0.129 e. The van der Waals surface area contributed by atoms with Gasteiger partial charge in [0.25, 0.3) is 0 Å². The number of anilines is 1. The summed E-state index contributed by atoms with van der Waals surface area (Å²) in [5.41, 5.74) is 6.59. The fourth-order valence-corrected chi connectivity index (χ4v) is 2.54. The van der Waals surface area contributed by atoms with E-state index < -0.39 is 0 Å². The second-order valence-corrected chi connectivity index (χ2v) is 5.52. The fourth-order valence-electron chi connectivity index (χ4n) is 1.84. The highest BCUT2D eigenvalue weighted by molar-refractivity contribution is 7.09. The van der Waals surface area contributed by atoms with Crippen molar-refractivity contribution < 1.29 is 0 Å². The van der Waals surface area contributed by atoms with Crippen molar-refractivity contribution in [3.63, 3.8) is 0 Å². The molecule has 2 aromatic heterocycles. The average Bonchev–Trinajstić information content (AvgIpc) is 2.88. The van der Waals surface area contributed by atoms with Crippen LogP contribution in [-0.2, 0) is 13.1 Å². The minimum Gasteiger partial charge on any atom is -0.349 e. The molecule has 96 valence electrons. The highest BCUT2D eigenvalue weighted by Crippen LogP contribution is 2.20. The van der Waals surface area contributed by atoms with Crippen LogP contribution in [-0.4, -0.2) is 11.0 Å². The van der Waals surface area contributed by atoms with Crippen LogP contribution in [0.25, 0.3) is 0 Å². The van der Waals surface area contributed by atoms with E-state index in [-0.39, 0.29) is 0 Å². The summed E-state index contributed by atoms with van der Waals surface area (Å²) in [5, 5.41) is 2.11. The van der Waals surface area contributed by atoms with Crippen LogP contribution in [0.1, 0.15) is 24.4 Å². The molecule has 0 unspecified atom stereocenters. The maximum Gasteiger partial charge on any atom is 0.129 e. The van der Waals surface area contributed by atoms with Gasteiger partial charge in [-0.25, -0.2) is 4.98 Å². The highest BCUT2D eigenvalue weighted by atomic mass is 32.1. The number of aromatic nitrogens is 1. The molecule has 0 aliphatic heterocycles. The van der Waals surface area contributed by atoms with Crippen LogP contribution < -0.4 is 10.6 Å². The molecule has 0 saturated heterocycles. The lowest BCUT2D eigenvalue weighted by Gasteiger charge is -2.27. The number of pyridine rings is 1. The normalized spacial score (nSPS) is 10.9. The molecule has 3 nitrogen and oxygen atoms in total. The Hall–Kier alpha value is -1.39. The molecular weight excluding hydrogens is 242 g/mol. The molecule has 0 aromatic carbocycles. The number of nitrogens with zero attached hydrogens (tertiary/aromatic N) is 2. The molecule has 0 aliphatic rings. The van der Waals surface area contributed by atoms with E-state index >= 15 is 0 Å². The van der Waals surface area contributed by atoms with Crippen LogP contribution in [0.4, 0.5) is 5.82 Å². The van der Waals surface area contributed by atoms with Gasteiger partial charge in [0.2, 0.25) is 0 Å². The standard InChI is InChI=1S/C14H19N3S/c1-11(2)17(10-13-6-4-8-18-13)14-7-3-5-12(9-15)16-14/h3-8,11H,9-10,15H2,1-2H3. The maximum atomic E-state index is 5.65. The van der Waals surface area contributed by atoms with Crippen LogP contribution in [0, 0.1) is 0 Å². The second kappa shape index (κ2) is 5.98. The van der Waals surface area contributed by atoms with Gasteiger partial charge in [0.15, 0.2) is 0 Å². The van der Waals surface area contributed by atoms with Crippen molar-refractivity contribution in [2.24, 2.45) is 5.73 Å². The molecule has 0 atom stereocenters. The zero-order valence-corrected chi connectivity index (χ0v) is 11.7. The molecule has 2 rings (SSSR count). The topological polar surface area (TPSA) is 42.1 Å². The zero-order valence-electron chi connectivity index (χ0n) is 10.8. The van der Waals surface area contributed by atoms with E-state index in [9.17, 15) is 0 Å². The number of rotatable bonds is 5. The van der Waals surface area contributed by atoms with Crippen LogP contribution in [0.15, 0.2) is 35.7 Å². The number of hydrogen-bond acceptors (Lipinski definition) is 4. The first-order chi connectivity index (χ1) is 8.70. The predicted octanol–water partition coefficient (Wildman–Crippen LogP) is 3.02. The van der Waals surface area contributed by atoms with Gasteiger partial charge in [-0.05, 0) is 37.4 Å². The average molecular weight is 261 g/mol. The van der Waals surface area contributed by atoms with E-state index in [1.807, 2.05) is 18.2 Å². The third-order valence-corrected chi connectivity index (χ3v) is 3.69. The Morgan fingerprint density at radius 3 is 2.72 bits per heavy atom. The Kier molecular flexibility index (Phi) is 4.33. The Balaban J connectivity index is 2.23. The van der Waals surface area contributed by atoms with Gasteiger partial charge in [0, 0.05) is 17.5 Å². The van der Waals surface area contributed by atoms with E-state index in [0.717, 1.165) is 18.1 Å². The molecule has 0 bridgehead atoms. The van der Waals surface area contributed by atoms with Crippen molar-refractivity contribution in [3.05, 3.63) is 46.3 Å². The Bertz CT molecular complexity index is 480. The van der Waals surface area contributed by atoms with Gasteiger partial charge >= 0.3 is 0 Å². The molecule has 0 spiro atoms. The fraction of sp³-hybridized carbons (Fsp3) is 0.357. The van der Waals surface area contributed by atoms with Crippen molar-refractivity contribution >= 4 is 17.2 Å². The SMILES string of the molecule is CC(C)N(Cc1cccs1)c1cccc(CN)n1. The molecule has 0 amide bonds. The number of thiophene rings is 1. The van der Waals surface area contributed by atoms with E-state index in [1.54, 1.807) is 11.3 Å². The van der Waals surface area contributed by atoms with Crippen molar-refractivity contribution in [1.82, 2.24) is 4.98 Å². The van der Waals surface area contributed by atoms with Crippen molar-refractivity contribution in [2.75, 3.05) is 4.90 Å². The summed E-state index contributed by atoms with van der Waals surface area (Å²) in [7, 11) is 0. The van der Waals surface area contributed by atoms with E-state index in [1.165, 1.54) is 4.88 Å². The first-order valence-electron chi connectivity index (χ1n) is 6.15. The molecular formula is C14H19N3S. The van der Waals surface area contributed by atoms with Crippen LogP contribution >= 0.6 is 11.3 Å². The number of hydrogen-bond donors (Lipinski definition) is 1. The molecule has 0 aliphatic carbocycles. The summed E-state index contributed by atoms with van der Waals surface area (Å²) in [6.45, 7) is 5.75. The molecule has 0 fully saturated rings. The van der Waals surface area contributed by atoms with Crippen molar-refractivity contribution in [3.8, 4) is 0 Å². The number of nitrogens with two attached hydrogens (primary N) is 1. The molecule has 18 heavy (non-hydrogen) atoms. The van der Waals surface area contributed by atoms with Gasteiger partial charge in [-0.1, -0.05) is 12.1 Å². The first-order valence-corrected chi connectivity index (χ1v) is 7.03. The lowest BCUT2D eigenvalue weighted by atomic mass is 10.2. The monoisotopic (exact) mass is 261 g/mol. The summed E-state index contributed by atoms with van der Waals surface area (Å²) in [6, 6.07) is 10.7. The largest absolute Gasteiger partial charge is 0.349 e. The highest BCUT2D eigenvalue weighted by Gasteiger charge is 2.13. The summed E-state index contributed by atoms with van der Waals surface area (Å²) in [5.74, 6) is 1.00. The van der Waals surface area contributed by atoms with Crippen LogP contribution in [0.3, 0.4) is 0 Å². The van der Waals surface area contributed by atoms with Crippen LogP contribution in [0.5, 0.6) is 0 Å². The first kappa shape index (κ1) is 13.1. The van der Waals surface area contributed by atoms with Crippen molar-refractivity contribution in [1.29, 1.82) is 0 Å². The predicted molar refractivity (Wildman–Crippen MR) is 77.8 cm³/mol. The second-order valence-electron chi connectivity index (χ2n) is 4.49. The van der Waals surface area contributed by atoms with E-state index in [0.29, 0.717) is 12.6 Å². The zero-order chi connectivity index (χ0) is 13.0.